The molecule has 0 aromatic heterocycles. The van der Waals surface area contributed by atoms with E-state index in [0.717, 1.165) is 29.7 Å². The quantitative estimate of drug-likeness (QED) is 0.897. The summed E-state index contributed by atoms with van der Waals surface area (Å²) < 4.78 is 5.41. The molecule has 23 heavy (non-hydrogen) atoms. The Balaban J connectivity index is 1.89. The summed E-state index contributed by atoms with van der Waals surface area (Å²) in [5, 5.41) is 13.0. The number of rotatable bonds is 3. The molecule has 1 aliphatic heterocycles. The lowest BCUT2D eigenvalue weighted by Crippen LogP contribution is -2.44. The first-order chi connectivity index (χ1) is 10.8. The van der Waals surface area contributed by atoms with Gasteiger partial charge in [0.25, 0.3) is 0 Å². The molecule has 5 nitrogen and oxygen atoms in total. The van der Waals surface area contributed by atoms with Gasteiger partial charge in [-0.05, 0) is 46.6 Å². The minimum absolute atomic E-state index is 0.0285. The van der Waals surface area contributed by atoms with Crippen LogP contribution < -0.4 is 5.32 Å². The molecule has 1 heterocycles. The van der Waals surface area contributed by atoms with E-state index in [4.69, 9.17) is 4.74 Å². The summed E-state index contributed by atoms with van der Waals surface area (Å²) in [6.45, 7) is 9.07. The molecule has 0 bridgehead atoms. The van der Waals surface area contributed by atoms with Crippen molar-refractivity contribution in [3.8, 4) is 0 Å². The molecule has 0 spiro atoms. The molecule has 1 aliphatic rings. The van der Waals surface area contributed by atoms with E-state index in [2.05, 4.69) is 5.32 Å². The van der Waals surface area contributed by atoms with Crippen LogP contribution in [0.2, 0.25) is 0 Å². The molecular weight excluding hydrogens is 292 g/mol. The van der Waals surface area contributed by atoms with Gasteiger partial charge in [0.15, 0.2) is 0 Å². The number of hydrogen-bond acceptors (Lipinski definition) is 4. The average Bonchev–Trinajstić information content (AvgIpc) is 2.48. The highest BCUT2D eigenvalue weighted by Crippen LogP contribution is 2.22. The third kappa shape index (κ3) is 5.13. The van der Waals surface area contributed by atoms with Gasteiger partial charge in [0.05, 0.1) is 6.61 Å². The lowest BCUT2D eigenvalue weighted by Gasteiger charge is -2.34. The Kier molecular flexibility index (Phi) is 5.52. The number of hydrogen-bond donors (Lipinski definition) is 2. The van der Waals surface area contributed by atoms with E-state index in [0.29, 0.717) is 19.1 Å². The Morgan fingerprint density at radius 1 is 1.35 bits per heavy atom. The fourth-order valence-electron chi connectivity index (χ4n) is 2.75. The first-order valence-electron chi connectivity index (χ1n) is 8.23. The largest absolute Gasteiger partial charge is 0.444 e. The van der Waals surface area contributed by atoms with E-state index in [1.807, 2.05) is 45.9 Å². The van der Waals surface area contributed by atoms with Gasteiger partial charge in [-0.3, -0.25) is 0 Å². The molecule has 1 amide bonds. The molecule has 5 heteroatoms. The van der Waals surface area contributed by atoms with Gasteiger partial charge in [0.1, 0.15) is 5.60 Å². The van der Waals surface area contributed by atoms with Crippen LogP contribution in [0.4, 0.5) is 10.5 Å². The summed E-state index contributed by atoms with van der Waals surface area (Å²) in [7, 11) is 0. The Bertz CT molecular complexity index is 544. The summed E-state index contributed by atoms with van der Waals surface area (Å²) in [6, 6.07) is 6.36. The van der Waals surface area contributed by atoms with Gasteiger partial charge in [-0.1, -0.05) is 17.7 Å². The molecule has 1 aromatic carbocycles. The van der Waals surface area contributed by atoms with Gasteiger partial charge in [0.2, 0.25) is 0 Å². The normalized spacial score (nSPS) is 16.3. The van der Waals surface area contributed by atoms with E-state index in [1.165, 1.54) is 0 Å². The second kappa shape index (κ2) is 7.21. The van der Waals surface area contributed by atoms with E-state index >= 15 is 0 Å². The van der Waals surface area contributed by atoms with E-state index in [9.17, 15) is 9.90 Å². The van der Waals surface area contributed by atoms with Crippen molar-refractivity contribution in [3.63, 3.8) is 0 Å². The molecule has 0 aliphatic carbocycles. The van der Waals surface area contributed by atoms with Crippen LogP contribution in [-0.4, -0.2) is 40.8 Å². The third-order valence-electron chi connectivity index (χ3n) is 3.94. The fourth-order valence-corrected chi connectivity index (χ4v) is 2.75. The molecule has 1 saturated heterocycles. The Morgan fingerprint density at radius 2 is 2.00 bits per heavy atom. The zero-order chi connectivity index (χ0) is 17.0. The van der Waals surface area contributed by atoms with Gasteiger partial charge in [-0.2, -0.15) is 0 Å². The number of likely N-dealkylation sites (tertiary alicyclic amines) is 1. The topological polar surface area (TPSA) is 61.8 Å². The molecule has 2 rings (SSSR count). The van der Waals surface area contributed by atoms with Crippen LogP contribution in [0.5, 0.6) is 0 Å². The number of nitrogens with zero attached hydrogens (tertiary/aromatic N) is 1. The second-order valence-electron chi connectivity index (χ2n) is 7.20. The summed E-state index contributed by atoms with van der Waals surface area (Å²) in [5.74, 6) is 0. The minimum Gasteiger partial charge on any atom is -0.444 e. The van der Waals surface area contributed by atoms with Crippen molar-refractivity contribution in [3.05, 3.63) is 29.3 Å². The summed E-state index contributed by atoms with van der Waals surface area (Å²) in [4.78, 5) is 13.8. The van der Waals surface area contributed by atoms with Crippen LogP contribution in [0.3, 0.4) is 0 Å². The highest BCUT2D eigenvalue weighted by molar-refractivity contribution is 5.68. The predicted octanol–water partition coefficient (Wildman–Crippen LogP) is 3.30. The number of benzene rings is 1. The first kappa shape index (κ1) is 17.6. The molecule has 0 unspecified atom stereocenters. The highest BCUT2D eigenvalue weighted by atomic mass is 16.6. The van der Waals surface area contributed by atoms with Crippen LogP contribution in [0.15, 0.2) is 18.2 Å². The number of anilines is 1. The number of carbonyl (C=O) groups is 1. The van der Waals surface area contributed by atoms with Crippen LogP contribution in [-0.2, 0) is 11.3 Å². The van der Waals surface area contributed by atoms with Gasteiger partial charge in [-0.15, -0.1) is 0 Å². The molecule has 0 radical (unpaired) electrons. The molecule has 0 atom stereocenters. The van der Waals surface area contributed by atoms with Crippen molar-refractivity contribution in [2.24, 2.45) is 0 Å². The fraction of sp³-hybridized carbons (Fsp3) is 0.611. The van der Waals surface area contributed by atoms with Gasteiger partial charge < -0.3 is 20.1 Å². The van der Waals surface area contributed by atoms with E-state index in [-0.39, 0.29) is 12.7 Å². The number of ether oxygens (including phenoxy) is 1. The van der Waals surface area contributed by atoms with E-state index < -0.39 is 5.60 Å². The molecular formula is C18H28N2O3. The summed E-state index contributed by atoms with van der Waals surface area (Å²) in [5.41, 5.74) is 2.58. The lowest BCUT2D eigenvalue weighted by atomic mass is 10.0. The minimum atomic E-state index is -0.454. The lowest BCUT2D eigenvalue weighted by molar-refractivity contribution is 0.0210. The molecule has 1 aromatic rings. The van der Waals surface area contributed by atoms with Crippen molar-refractivity contribution < 1.29 is 14.6 Å². The van der Waals surface area contributed by atoms with Crippen LogP contribution in [0.25, 0.3) is 0 Å². The standard InChI is InChI=1S/C18H28N2O3/c1-13-5-6-16(14(11-13)12-21)19-15-7-9-20(10-8-15)17(22)23-18(2,3)4/h5-6,11,15,19,21H,7-10,12H2,1-4H3. The molecule has 128 valence electrons. The average molecular weight is 320 g/mol. The zero-order valence-corrected chi connectivity index (χ0v) is 14.6. The first-order valence-corrected chi connectivity index (χ1v) is 8.23. The maximum atomic E-state index is 12.1. The Labute approximate surface area is 138 Å². The SMILES string of the molecule is Cc1ccc(NC2CCN(C(=O)OC(C)(C)C)CC2)c(CO)c1. The molecule has 2 N–H and O–H groups in total. The van der Waals surface area contributed by atoms with Crippen molar-refractivity contribution in [2.75, 3.05) is 18.4 Å². The number of aliphatic hydroxyl groups is 1. The summed E-state index contributed by atoms with van der Waals surface area (Å²) in [6.07, 6.45) is 1.51. The van der Waals surface area contributed by atoms with Crippen molar-refractivity contribution >= 4 is 11.8 Å². The van der Waals surface area contributed by atoms with Crippen LogP contribution in [0.1, 0.15) is 44.7 Å². The number of amides is 1. The van der Waals surface area contributed by atoms with Crippen LogP contribution in [0, 0.1) is 6.92 Å². The molecule has 1 fully saturated rings. The number of carbonyl (C=O) groups excluding carboxylic acids is 1. The number of nitrogens with one attached hydrogen (secondary N) is 1. The van der Waals surface area contributed by atoms with Crippen molar-refractivity contribution in [2.45, 2.75) is 58.8 Å². The second-order valence-corrected chi connectivity index (χ2v) is 7.20. The number of piperidine rings is 1. The summed E-state index contributed by atoms with van der Waals surface area (Å²) >= 11 is 0. The smallest absolute Gasteiger partial charge is 0.410 e. The monoisotopic (exact) mass is 320 g/mol. The van der Waals surface area contributed by atoms with Crippen molar-refractivity contribution in [1.82, 2.24) is 4.90 Å². The molecule has 0 saturated carbocycles. The van der Waals surface area contributed by atoms with E-state index in [1.54, 1.807) is 4.90 Å². The Morgan fingerprint density at radius 3 is 2.57 bits per heavy atom. The van der Waals surface area contributed by atoms with Crippen LogP contribution >= 0.6 is 0 Å². The maximum absolute atomic E-state index is 12.1. The number of aliphatic hydroxyl groups excluding tert-OH is 1. The third-order valence-corrected chi connectivity index (χ3v) is 3.94. The predicted molar refractivity (Wildman–Crippen MR) is 91.6 cm³/mol. The zero-order valence-electron chi connectivity index (χ0n) is 14.6. The highest BCUT2D eigenvalue weighted by Gasteiger charge is 2.26. The van der Waals surface area contributed by atoms with Gasteiger partial charge in [0, 0.05) is 30.4 Å². The van der Waals surface area contributed by atoms with Gasteiger partial charge >= 0.3 is 6.09 Å². The van der Waals surface area contributed by atoms with Crippen molar-refractivity contribution in [1.29, 1.82) is 0 Å². The van der Waals surface area contributed by atoms with Gasteiger partial charge in [-0.25, -0.2) is 4.79 Å². The Hall–Kier alpha value is -1.75. The maximum Gasteiger partial charge on any atom is 0.410 e. The number of aryl methyl sites for hydroxylation is 1.